The fourth-order valence-electron chi connectivity index (χ4n) is 1.23. The Balaban J connectivity index is 2.87. The predicted octanol–water partition coefficient (Wildman–Crippen LogP) is 2.18. The van der Waals surface area contributed by atoms with Gasteiger partial charge in [0, 0.05) is 17.4 Å². The standard InChI is InChI=1S/C11H16N2O2/c1-3-7(2)13-8-4-5-9(11(14)15)10(12)6-8/h4-7,13H,3,12H2,1-2H3,(H,14,15). The van der Waals surface area contributed by atoms with Crippen molar-refractivity contribution in [2.75, 3.05) is 11.1 Å². The van der Waals surface area contributed by atoms with Crippen molar-refractivity contribution in [1.82, 2.24) is 0 Å². The predicted molar refractivity (Wildman–Crippen MR) is 61.2 cm³/mol. The van der Waals surface area contributed by atoms with E-state index >= 15 is 0 Å². The lowest BCUT2D eigenvalue weighted by Gasteiger charge is -2.13. The zero-order valence-electron chi connectivity index (χ0n) is 8.95. The number of aromatic carboxylic acids is 1. The van der Waals surface area contributed by atoms with E-state index in [9.17, 15) is 4.79 Å². The van der Waals surface area contributed by atoms with Gasteiger partial charge in [0.25, 0.3) is 0 Å². The highest BCUT2D eigenvalue weighted by Gasteiger charge is 2.08. The summed E-state index contributed by atoms with van der Waals surface area (Å²) in [6.45, 7) is 4.13. The molecule has 0 radical (unpaired) electrons. The molecule has 15 heavy (non-hydrogen) atoms. The minimum Gasteiger partial charge on any atom is -0.478 e. The minimum atomic E-state index is -0.998. The molecule has 1 aromatic carbocycles. The number of benzene rings is 1. The van der Waals surface area contributed by atoms with Gasteiger partial charge in [-0.1, -0.05) is 6.92 Å². The minimum absolute atomic E-state index is 0.143. The Morgan fingerprint density at radius 2 is 2.27 bits per heavy atom. The topological polar surface area (TPSA) is 75.3 Å². The summed E-state index contributed by atoms with van der Waals surface area (Å²) in [7, 11) is 0. The number of hydrogen-bond donors (Lipinski definition) is 3. The normalized spacial score (nSPS) is 12.1. The van der Waals surface area contributed by atoms with E-state index in [0.29, 0.717) is 6.04 Å². The molecule has 0 heterocycles. The highest BCUT2D eigenvalue weighted by atomic mass is 16.4. The van der Waals surface area contributed by atoms with Crippen LogP contribution in [0.25, 0.3) is 0 Å². The van der Waals surface area contributed by atoms with Crippen molar-refractivity contribution in [2.24, 2.45) is 0 Å². The highest BCUT2D eigenvalue weighted by molar-refractivity contribution is 5.94. The largest absolute Gasteiger partial charge is 0.478 e. The van der Waals surface area contributed by atoms with E-state index in [4.69, 9.17) is 10.8 Å². The highest BCUT2D eigenvalue weighted by Crippen LogP contribution is 2.18. The van der Waals surface area contributed by atoms with Crippen molar-refractivity contribution in [3.8, 4) is 0 Å². The van der Waals surface area contributed by atoms with Gasteiger partial charge in [0.2, 0.25) is 0 Å². The summed E-state index contributed by atoms with van der Waals surface area (Å²) in [6.07, 6.45) is 1.00. The molecule has 4 N–H and O–H groups in total. The average molecular weight is 208 g/mol. The number of carboxylic acids is 1. The molecular weight excluding hydrogens is 192 g/mol. The Morgan fingerprint density at radius 1 is 1.60 bits per heavy atom. The van der Waals surface area contributed by atoms with Gasteiger partial charge in [0.05, 0.1) is 5.56 Å². The Hall–Kier alpha value is -1.71. The summed E-state index contributed by atoms with van der Waals surface area (Å²) >= 11 is 0. The average Bonchev–Trinajstić information content (AvgIpc) is 2.17. The third-order valence-electron chi connectivity index (χ3n) is 2.31. The Labute approximate surface area is 89.1 Å². The molecule has 0 aliphatic heterocycles. The first-order valence-electron chi connectivity index (χ1n) is 4.94. The summed E-state index contributed by atoms with van der Waals surface area (Å²) in [5, 5.41) is 12.0. The number of nitrogens with two attached hydrogens (primary N) is 1. The van der Waals surface area contributed by atoms with Gasteiger partial charge in [-0.15, -0.1) is 0 Å². The van der Waals surface area contributed by atoms with Crippen molar-refractivity contribution in [2.45, 2.75) is 26.3 Å². The number of nitrogen functional groups attached to an aromatic ring is 1. The second-order valence-electron chi connectivity index (χ2n) is 3.56. The molecule has 1 unspecified atom stereocenters. The molecule has 0 saturated carbocycles. The van der Waals surface area contributed by atoms with Gasteiger partial charge >= 0.3 is 5.97 Å². The number of hydrogen-bond acceptors (Lipinski definition) is 3. The number of carbonyl (C=O) groups is 1. The van der Waals surface area contributed by atoms with Crippen LogP contribution in [0, 0.1) is 0 Å². The molecule has 0 bridgehead atoms. The van der Waals surface area contributed by atoms with E-state index in [1.165, 1.54) is 6.07 Å². The fraction of sp³-hybridized carbons (Fsp3) is 0.364. The second-order valence-corrected chi connectivity index (χ2v) is 3.56. The maximum Gasteiger partial charge on any atom is 0.337 e. The Bertz CT molecular complexity index is 364. The number of rotatable bonds is 4. The van der Waals surface area contributed by atoms with Crippen LogP contribution in [0.2, 0.25) is 0 Å². The summed E-state index contributed by atoms with van der Waals surface area (Å²) in [4.78, 5) is 10.7. The smallest absolute Gasteiger partial charge is 0.337 e. The molecule has 0 fully saturated rings. The van der Waals surface area contributed by atoms with E-state index in [0.717, 1.165) is 12.1 Å². The van der Waals surface area contributed by atoms with Crippen molar-refractivity contribution < 1.29 is 9.90 Å². The summed E-state index contributed by atoms with van der Waals surface area (Å²) in [5.74, 6) is -0.998. The molecule has 0 saturated heterocycles. The first-order chi connectivity index (χ1) is 7.04. The van der Waals surface area contributed by atoms with Crippen molar-refractivity contribution in [3.63, 3.8) is 0 Å². The van der Waals surface area contributed by atoms with Crippen LogP contribution in [0.5, 0.6) is 0 Å². The van der Waals surface area contributed by atoms with Crippen LogP contribution in [0.4, 0.5) is 11.4 Å². The van der Waals surface area contributed by atoms with E-state index < -0.39 is 5.97 Å². The van der Waals surface area contributed by atoms with Gasteiger partial charge in [-0.05, 0) is 31.5 Å². The fourth-order valence-corrected chi connectivity index (χ4v) is 1.23. The molecule has 0 aliphatic carbocycles. The zero-order chi connectivity index (χ0) is 11.4. The van der Waals surface area contributed by atoms with Crippen molar-refractivity contribution in [1.29, 1.82) is 0 Å². The number of nitrogens with one attached hydrogen (secondary N) is 1. The lowest BCUT2D eigenvalue weighted by Crippen LogP contribution is -2.14. The molecular formula is C11H16N2O2. The number of anilines is 2. The maximum absolute atomic E-state index is 10.7. The van der Waals surface area contributed by atoms with E-state index in [1.54, 1.807) is 12.1 Å². The van der Waals surface area contributed by atoms with Crippen LogP contribution in [0.15, 0.2) is 18.2 Å². The maximum atomic E-state index is 10.7. The first kappa shape index (κ1) is 11.4. The second kappa shape index (κ2) is 4.68. The lowest BCUT2D eigenvalue weighted by atomic mass is 10.1. The zero-order valence-corrected chi connectivity index (χ0v) is 8.95. The van der Waals surface area contributed by atoms with E-state index in [2.05, 4.69) is 19.2 Å². The molecule has 1 aromatic rings. The first-order valence-corrected chi connectivity index (χ1v) is 4.94. The van der Waals surface area contributed by atoms with Crippen LogP contribution in [0.1, 0.15) is 30.6 Å². The summed E-state index contributed by atoms with van der Waals surface area (Å²) in [6, 6.07) is 5.24. The van der Waals surface area contributed by atoms with Crippen molar-refractivity contribution >= 4 is 17.3 Å². The van der Waals surface area contributed by atoms with E-state index in [1.807, 2.05) is 0 Å². The molecule has 0 amide bonds. The van der Waals surface area contributed by atoms with Gasteiger partial charge in [-0.25, -0.2) is 4.79 Å². The van der Waals surface area contributed by atoms with Gasteiger partial charge in [0.1, 0.15) is 0 Å². The van der Waals surface area contributed by atoms with Crippen molar-refractivity contribution in [3.05, 3.63) is 23.8 Å². The summed E-state index contributed by atoms with van der Waals surface area (Å²) < 4.78 is 0. The molecule has 0 aliphatic rings. The third-order valence-corrected chi connectivity index (χ3v) is 2.31. The van der Waals surface area contributed by atoms with Gasteiger partial charge < -0.3 is 16.2 Å². The van der Waals surface area contributed by atoms with Gasteiger partial charge in [0.15, 0.2) is 0 Å². The van der Waals surface area contributed by atoms with Crippen LogP contribution in [0.3, 0.4) is 0 Å². The van der Waals surface area contributed by atoms with Gasteiger partial charge in [-0.3, -0.25) is 0 Å². The molecule has 0 spiro atoms. The third kappa shape index (κ3) is 2.87. The van der Waals surface area contributed by atoms with Crippen LogP contribution in [-0.2, 0) is 0 Å². The summed E-state index contributed by atoms with van der Waals surface area (Å²) in [5.41, 5.74) is 6.90. The molecule has 0 aromatic heterocycles. The Morgan fingerprint density at radius 3 is 2.73 bits per heavy atom. The van der Waals surface area contributed by atoms with Gasteiger partial charge in [-0.2, -0.15) is 0 Å². The monoisotopic (exact) mass is 208 g/mol. The molecule has 4 heteroatoms. The molecule has 82 valence electrons. The SMILES string of the molecule is CCC(C)Nc1ccc(C(=O)O)c(N)c1. The molecule has 1 rings (SSSR count). The van der Waals surface area contributed by atoms with E-state index in [-0.39, 0.29) is 11.3 Å². The Kier molecular flexibility index (Phi) is 3.55. The van der Waals surface area contributed by atoms with Crippen LogP contribution in [-0.4, -0.2) is 17.1 Å². The quantitative estimate of drug-likeness (QED) is 0.663. The molecule has 1 atom stereocenters. The lowest BCUT2D eigenvalue weighted by molar-refractivity contribution is 0.0698. The number of carboxylic acid groups (broad SMARTS) is 1. The van der Waals surface area contributed by atoms with Crippen LogP contribution < -0.4 is 11.1 Å². The van der Waals surface area contributed by atoms with Crippen LogP contribution >= 0.6 is 0 Å². The molecule has 4 nitrogen and oxygen atoms in total.